The van der Waals surface area contributed by atoms with E-state index in [1.807, 2.05) is 0 Å². The number of rotatable bonds is 5. The molecule has 0 saturated carbocycles. The molecule has 15 heavy (non-hydrogen) atoms. The van der Waals surface area contributed by atoms with E-state index in [0.717, 1.165) is 0 Å². The zero-order valence-electron chi connectivity index (χ0n) is 8.83. The van der Waals surface area contributed by atoms with Crippen molar-refractivity contribution < 1.29 is 23.8 Å². The van der Waals surface area contributed by atoms with Crippen LogP contribution in [0.15, 0.2) is 10.2 Å². The number of hydrogen-bond acceptors (Lipinski definition) is 5. The average Bonchev–Trinajstić information content (AvgIpc) is 2.19. The smallest absolute Gasteiger partial charge is 0.375 e. The summed E-state index contributed by atoms with van der Waals surface area (Å²) < 4.78 is 14.0. The normalized spacial score (nSPS) is 11.5. The summed E-state index contributed by atoms with van der Waals surface area (Å²) in [5.41, 5.74) is 0. The van der Waals surface area contributed by atoms with Gasteiger partial charge in [-0.1, -0.05) is 0 Å². The van der Waals surface area contributed by atoms with Crippen molar-refractivity contribution in [3.8, 4) is 0 Å². The van der Waals surface area contributed by atoms with Gasteiger partial charge < -0.3 is 14.2 Å². The number of halogens is 1. The summed E-state index contributed by atoms with van der Waals surface area (Å²) in [7, 11) is 1.27. The number of carbonyl (C=O) groups excluding carboxylic acids is 2. The molecule has 0 N–H and O–H groups in total. The summed E-state index contributed by atoms with van der Waals surface area (Å²) >= 11 is 2.92. The fraction of sp³-hybridized carbons (Fsp3) is 0.556. The van der Waals surface area contributed by atoms with Crippen LogP contribution in [0, 0.1) is 0 Å². The zero-order valence-corrected chi connectivity index (χ0v) is 10.4. The van der Waals surface area contributed by atoms with Crippen molar-refractivity contribution >= 4 is 27.9 Å². The van der Waals surface area contributed by atoms with Crippen LogP contribution in [0.5, 0.6) is 0 Å². The molecule has 0 unspecified atom stereocenters. The predicted molar refractivity (Wildman–Crippen MR) is 56.2 cm³/mol. The third kappa shape index (κ3) is 4.33. The van der Waals surface area contributed by atoms with Crippen LogP contribution in [-0.4, -0.2) is 32.3 Å². The maximum absolute atomic E-state index is 11.3. The first kappa shape index (κ1) is 14.0. The molecule has 0 rings (SSSR count). The first-order valence-electron chi connectivity index (χ1n) is 4.36. The standard InChI is InChI=1S/C9H13BrO5/c1-4-14-8(11)6(10)7(13-3)9(12)15-5-2/h4-5H2,1-3H3/b7-6+. The second kappa shape index (κ2) is 7.28. The Balaban J connectivity index is 4.80. The average molecular weight is 281 g/mol. The molecule has 0 aromatic rings. The van der Waals surface area contributed by atoms with Gasteiger partial charge in [-0.05, 0) is 29.8 Å². The molecule has 0 aliphatic rings. The van der Waals surface area contributed by atoms with E-state index >= 15 is 0 Å². The van der Waals surface area contributed by atoms with E-state index in [4.69, 9.17) is 4.74 Å². The highest BCUT2D eigenvalue weighted by Gasteiger charge is 2.21. The topological polar surface area (TPSA) is 61.8 Å². The van der Waals surface area contributed by atoms with Gasteiger partial charge >= 0.3 is 11.9 Å². The van der Waals surface area contributed by atoms with Crippen LogP contribution in [0.3, 0.4) is 0 Å². The Hall–Kier alpha value is -1.04. The van der Waals surface area contributed by atoms with Crippen LogP contribution in [0.25, 0.3) is 0 Å². The third-order valence-electron chi connectivity index (χ3n) is 1.32. The molecule has 0 aliphatic heterocycles. The van der Waals surface area contributed by atoms with E-state index in [0.29, 0.717) is 0 Å². The fourth-order valence-electron chi connectivity index (χ4n) is 0.746. The highest BCUT2D eigenvalue weighted by molar-refractivity contribution is 9.12. The summed E-state index contributed by atoms with van der Waals surface area (Å²) in [6.07, 6.45) is 0. The lowest BCUT2D eigenvalue weighted by Gasteiger charge is -2.07. The summed E-state index contributed by atoms with van der Waals surface area (Å²) in [6, 6.07) is 0. The van der Waals surface area contributed by atoms with Crippen LogP contribution in [-0.2, 0) is 23.8 Å². The molecule has 0 saturated heterocycles. The molecular formula is C9H13BrO5. The lowest BCUT2D eigenvalue weighted by molar-refractivity contribution is -0.144. The highest BCUT2D eigenvalue weighted by atomic mass is 79.9. The van der Waals surface area contributed by atoms with Crippen molar-refractivity contribution in [2.75, 3.05) is 20.3 Å². The lowest BCUT2D eigenvalue weighted by atomic mass is 10.4. The van der Waals surface area contributed by atoms with Gasteiger partial charge in [0.05, 0.1) is 20.3 Å². The van der Waals surface area contributed by atoms with E-state index < -0.39 is 11.9 Å². The van der Waals surface area contributed by atoms with E-state index in [-0.39, 0.29) is 23.5 Å². The molecule has 0 atom stereocenters. The Morgan fingerprint density at radius 2 is 1.53 bits per heavy atom. The minimum atomic E-state index is -0.708. The lowest BCUT2D eigenvalue weighted by Crippen LogP contribution is -2.15. The van der Waals surface area contributed by atoms with Gasteiger partial charge in [-0.2, -0.15) is 0 Å². The molecule has 0 fully saturated rings. The molecule has 0 aromatic heterocycles. The van der Waals surface area contributed by atoms with Crippen molar-refractivity contribution in [2.24, 2.45) is 0 Å². The van der Waals surface area contributed by atoms with Gasteiger partial charge in [0.25, 0.3) is 0 Å². The zero-order chi connectivity index (χ0) is 11.8. The van der Waals surface area contributed by atoms with E-state index in [9.17, 15) is 9.59 Å². The maximum atomic E-state index is 11.3. The van der Waals surface area contributed by atoms with Gasteiger partial charge in [0.1, 0.15) is 0 Å². The second-order valence-electron chi connectivity index (χ2n) is 2.29. The van der Waals surface area contributed by atoms with Gasteiger partial charge in [-0.15, -0.1) is 0 Å². The molecule has 5 nitrogen and oxygen atoms in total. The Kier molecular flexibility index (Phi) is 6.77. The molecule has 0 aromatic carbocycles. The third-order valence-corrected chi connectivity index (χ3v) is 2.00. The number of ether oxygens (including phenoxy) is 3. The molecule has 0 spiro atoms. The monoisotopic (exact) mass is 280 g/mol. The first-order chi connectivity index (χ1) is 7.08. The van der Waals surface area contributed by atoms with Gasteiger partial charge in [0.15, 0.2) is 4.48 Å². The van der Waals surface area contributed by atoms with E-state index in [1.54, 1.807) is 13.8 Å². The number of methoxy groups -OCH3 is 1. The highest BCUT2D eigenvalue weighted by Crippen LogP contribution is 2.16. The Bertz CT molecular complexity index is 272. The van der Waals surface area contributed by atoms with Crippen molar-refractivity contribution in [1.29, 1.82) is 0 Å². The summed E-state index contributed by atoms with van der Waals surface area (Å²) in [6.45, 7) is 3.74. The van der Waals surface area contributed by atoms with Crippen LogP contribution >= 0.6 is 15.9 Å². The molecule has 0 heterocycles. The Labute approximate surface area is 96.5 Å². The van der Waals surface area contributed by atoms with Crippen LogP contribution in [0.2, 0.25) is 0 Å². The fourth-order valence-corrected chi connectivity index (χ4v) is 1.18. The van der Waals surface area contributed by atoms with Gasteiger partial charge in [0.2, 0.25) is 5.76 Å². The summed E-state index contributed by atoms with van der Waals surface area (Å²) in [5, 5.41) is 0. The van der Waals surface area contributed by atoms with Crippen LogP contribution < -0.4 is 0 Å². The van der Waals surface area contributed by atoms with Crippen molar-refractivity contribution in [3.05, 3.63) is 10.2 Å². The second-order valence-corrected chi connectivity index (χ2v) is 3.08. The van der Waals surface area contributed by atoms with Crippen LogP contribution in [0.4, 0.5) is 0 Å². The van der Waals surface area contributed by atoms with Crippen molar-refractivity contribution in [3.63, 3.8) is 0 Å². The first-order valence-corrected chi connectivity index (χ1v) is 5.15. The molecule has 86 valence electrons. The molecule has 6 heteroatoms. The predicted octanol–water partition coefficient (Wildman–Crippen LogP) is 1.37. The number of esters is 2. The number of hydrogen-bond donors (Lipinski definition) is 0. The van der Waals surface area contributed by atoms with Crippen molar-refractivity contribution in [1.82, 2.24) is 0 Å². The molecular weight excluding hydrogens is 268 g/mol. The van der Waals surface area contributed by atoms with Gasteiger partial charge in [0, 0.05) is 0 Å². The molecule has 0 bridgehead atoms. The molecule has 0 aliphatic carbocycles. The SMILES string of the molecule is CCOC(=O)/C(Br)=C(\OC)C(=O)OCC. The largest absolute Gasteiger partial charge is 0.489 e. The Morgan fingerprint density at radius 1 is 1.07 bits per heavy atom. The number of carbonyl (C=O) groups is 2. The molecule has 0 amide bonds. The van der Waals surface area contributed by atoms with Crippen LogP contribution in [0.1, 0.15) is 13.8 Å². The summed E-state index contributed by atoms with van der Waals surface area (Å²) in [4.78, 5) is 22.5. The van der Waals surface area contributed by atoms with E-state index in [1.165, 1.54) is 7.11 Å². The minimum Gasteiger partial charge on any atom is -0.489 e. The van der Waals surface area contributed by atoms with E-state index in [2.05, 4.69) is 25.4 Å². The Morgan fingerprint density at radius 3 is 1.93 bits per heavy atom. The quantitative estimate of drug-likeness (QED) is 0.432. The van der Waals surface area contributed by atoms with Crippen molar-refractivity contribution in [2.45, 2.75) is 13.8 Å². The minimum absolute atomic E-state index is 0.0784. The maximum Gasteiger partial charge on any atom is 0.375 e. The summed E-state index contributed by atoms with van der Waals surface area (Å²) in [5.74, 6) is -1.57. The van der Waals surface area contributed by atoms with Gasteiger partial charge in [-0.25, -0.2) is 9.59 Å². The van der Waals surface area contributed by atoms with Gasteiger partial charge in [-0.3, -0.25) is 0 Å². The molecule has 0 radical (unpaired) electrons.